The molecule has 0 aliphatic rings. The second-order valence-electron chi connectivity index (χ2n) is 3.62. The van der Waals surface area contributed by atoms with Crippen molar-refractivity contribution in [3.05, 3.63) is 11.9 Å². The van der Waals surface area contributed by atoms with Gasteiger partial charge in [-0.3, -0.25) is 4.79 Å². The van der Waals surface area contributed by atoms with Crippen molar-refractivity contribution in [3.63, 3.8) is 0 Å². The van der Waals surface area contributed by atoms with Crippen molar-refractivity contribution in [1.29, 1.82) is 0 Å². The molecule has 11 heteroatoms. The minimum atomic E-state index is -3.28. The quantitative estimate of drug-likeness (QED) is 0.477. The van der Waals surface area contributed by atoms with Crippen LogP contribution in [0.15, 0.2) is 6.20 Å². The number of rotatable bonds is 7. The lowest BCUT2D eigenvalue weighted by molar-refractivity contribution is -0.121. The van der Waals surface area contributed by atoms with Crippen LogP contribution in [0.2, 0.25) is 0 Å². The first-order valence-corrected chi connectivity index (χ1v) is 7.02. The third-order valence-corrected chi connectivity index (χ3v) is 2.60. The number of carbonyl (C=O) groups excluding carboxylic acids is 1. The molecular formula is C8H13N5O5S. The number of carbonyl (C=O) groups is 2. The molecule has 0 atom stereocenters. The molecule has 0 fully saturated rings. The Morgan fingerprint density at radius 1 is 1.42 bits per heavy atom. The fourth-order valence-corrected chi connectivity index (χ4v) is 1.59. The van der Waals surface area contributed by atoms with Gasteiger partial charge >= 0.3 is 5.97 Å². The Morgan fingerprint density at radius 2 is 2.11 bits per heavy atom. The Morgan fingerprint density at radius 3 is 2.63 bits per heavy atom. The Hall–Kier alpha value is -2.01. The fraction of sp³-hybridized carbons (Fsp3) is 0.500. The summed E-state index contributed by atoms with van der Waals surface area (Å²) in [5, 5.41) is 17.8. The molecule has 1 amide bonds. The molecule has 0 spiro atoms. The Labute approximate surface area is 108 Å². The number of hydrogen-bond donors (Lipinski definition) is 3. The zero-order valence-corrected chi connectivity index (χ0v) is 10.8. The third-order valence-electron chi connectivity index (χ3n) is 1.87. The molecule has 0 saturated heterocycles. The molecule has 1 heterocycles. The first-order chi connectivity index (χ1) is 8.78. The number of carboxylic acids is 1. The van der Waals surface area contributed by atoms with Crippen molar-refractivity contribution in [2.75, 3.05) is 19.3 Å². The molecule has 1 aromatic heterocycles. The number of amides is 1. The third kappa shape index (κ3) is 5.92. The first kappa shape index (κ1) is 15.0. The van der Waals surface area contributed by atoms with Gasteiger partial charge in [0.25, 0.3) is 0 Å². The van der Waals surface area contributed by atoms with E-state index in [0.717, 1.165) is 17.1 Å². The van der Waals surface area contributed by atoms with Crippen molar-refractivity contribution in [2.45, 2.75) is 6.54 Å². The second kappa shape index (κ2) is 6.24. The van der Waals surface area contributed by atoms with Crippen molar-refractivity contribution in [3.8, 4) is 0 Å². The number of sulfonamides is 1. The van der Waals surface area contributed by atoms with Crippen LogP contribution in [0.3, 0.4) is 0 Å². The molecule has 0 bridgehead atoms. The number of carboxylic acid groups (broad SMARTS) is 1. The highest BCUT2D eigenvalue weighted by Crippen LogP contribution is 1.92. The summed E-state index contributed by atoms with van der Waals surface area (Å²) in [7, 11) is -3.28. The average Bonchev–Trinajstić information content (AvgIpc) is 2.71. The van der Waals surface area contributed by atoms with E-state index in [9.17, 15) is 18.0 Å². The van der Waals surface area contributed by atoms with E-state index in [2.05, 4.69) is 20.4 Å². The summed E-state index contributed by atoms with van der Waals surface area (Å²) in [6.07, 6.45) is 2.13. The van der Waals surface area contributed by atoms with Crippen LogP contribution in [0.1, 0.15) is 10.5 Å². The summed E-state index contributed by atoms with van der Waals surface area (Å²) < 4.78 is 24.7. The largest absolute Gasteiger partial charge is 0.476 e. The Bertz CT molecular complexity index is 566. The number of aromatic carboxylic acids is 1. The predicted octanol–water partition coefficient (Wildman–Crippen LogP) is -2.36. The molecular weight excluding hydrogens is 278 g/mol. The van der Waals surface area contributed by atoms with Gasteiger partial charge in [0.1, 0.15) is 6.54 Å². The summed E-state index contributed by atoms with van der Waals surface area (Å²) in [4.78, 5) is 21.9. The van der Waals surface area contributed by atoms with Gasteiger partial charge in [-0.1, -0.05) is 5.21 Å². The van der Waals surface area contributed by atoms with E-state index >= 15 is 0 Å². The predicted molar refractivity (Wildman–Crippen MR) is 62.8 cm³/mol. The van der Waals surface area contributed by atoms with Crippen LogP contribution in [0.25, 0.3) is 0 Å². The maximum absolute atomic E-state index is 11.4. The maximum Gasteiger partial charge on any atom is 0.358 e. The van der Waals surface area contributed by atoms with E-state index in [-0.39, 0.29) is 25.3 Å². The molecule has 10 nitrogen and oxygen atoms in total. The van der Waals surface area contributed by atoms with Gasteiger partial charge in [0.05, 0.1) is 12.5 Å². The van der Waals surface area contributed by atoms with Gasteiger partial charge in [-0.25, -0.2) is 22.6 Å². The number of nitrogens with zero attached hydrogens (tertiary/aromatic N) is 3. The van der Waals surface area contributed by atoms with Crippen LogP contribution in [-0.2, 0) is 21.4 Å². The van der Waals surface area contributed by atoms with Gasteiger partial charge in [-0.2, -0.15) is 0 Å². The van der Waals surface area contributed by atoms with E-state index in [4.69, 9.17) is 5.11 Å². The molecule has 19 heavy (non-hydrogen) atoms. The fourth-order valence-electron chi connectivity index (χ4n) is 1.12. The minimum Gasteiger partial charge on any atom is -0.476 e. The minimum absolute atomic E-state index is 0.0717. The zero-order valence-electron chi connectivity index (χ0n) is 10.0. The maximum atomic E-state index is 11.4. The summed E-state index contributed by atoms with van der Waals surface area (Å²) in [6, 6.07) is 0. The van der Waals surface area contributed by atoms with Gasteiger partial charge < -0.3 is 10.4 Å². The van der Waals surface area contributed by atoms with Gasteiger partial charge in [-0.05, 0) is 0 Å². The summed E-state index contributed by atoms with van der Waals surface area (Å²) >= 11 is 0. The van der Waals surface area contributed by atoms with Crippen LogP contribution in [0, 0.1) is 0 Å². The summed E-state index contributed by atoms with van der Waals surface area (Å²) in [5.41, 5.74) is -0.258. The van der Waals surface area contributed by atoms with E-state index < -0.39 is 21.9 Å². The normalized spacial score (nSPS) is 11.2. The zero-order chi connectivity index (χ0) is 14.5. The van der Waals surface area contributed by atoms with E-state index in [1.54, 1.807) is 0 Å². The highest BCUT2D eigenvalue weighted by molar-refractivity contribution is 7.88. The molecule has 0 aromatic carbocycles. The lowest BCUT2D eigenvalue weighted by atomic mass is 10.5. The van der Waals surface area contributed by atoms with E-state index in [1.807, 2.05) is 0 Å². The van der Waals surface area contributed by atoms with E-state index in [0.29, 0.717) is 0 Å². The number of aromatic nitrogens is 3. The lowest BCUT2D eigenvalue weighted by Crippen LogP contribution is -2.35. The van der Waals surface area contributed by atoms with E-state index in [1.165, 1.54) is 0 Å². The Balaban J connectivity index is 2.33. The van der Waals surface area contributed by atoms with Crippen LogP contribution in [0.5, 0.6) is 0 Å². The Kier molecular flexibility index (Phi) is 4.94. The number of nitrogens with one attached hydrogen (secondary N) is 2. The van der Waals surface area contributed by atoms with Crippen molar-refractivity contribution in [2.24, 2.45) is 0 Å². The molecule has 0 radical (unpaired) electrons. The molecule has 0 saturated carbocycles. The van der Waals surface area contributed by atoms with Crippen molar-refractivity contribution in [1.82, 2.24) is 25.0 Å². The topological polar surface area (TPSA) is 143 Å². The average molecular weight is 291 g/mol. The van der Waals surface area contributed by atoms with Gasteiger partial charge in [-0.15, -0.1) is 5.10 Å². The molecule has 1 aromatic rings. The van der Waals surface area contributed by atoms with Gasteiger partial charge in [0.2, 0.25) is 15.9 Å². The molecule has 3 N–H and O–H groups in total. The highest BCUT2D eigenvalue weighted by Gasteiger charge is 2.10. The van der Waals surface area contributed by atoms with Crippen molar-refractivity contribution < 1.29 is 23.1 Å². The monoisotopic (exact) mass is 291 g/mol. The number of hydrogen-bond acceptors (Lipinski definition) is 6. The SMILES string of the molecule is CS(=O)(=O)NCCNC(=O)Cn1cc(C(=O)O)nn1. The van der Waals surface area contributed by atoms with Crippen molar-refractivity contribution >= 4 is 21.9 Å². The first-order valence-electron chi connectivity index (χ1n) is 5.12. The van der Waals surface area contributed by atoms with Crippen LogP contribution in [-0.4, -0.2) is 59.7 Å². The summed E-state index contributed by atoms with van der Waals surface area (Å²) in [5.74, 6) is -1.67. The molecule has 0 unspecified atom stereocenters. The molecule has 1 rings (SSSR count). The summed E-state index contributed by atoms with van der Waals surface area (Å²) in [6.45, 7) is -0.00610. The standard InChI is InChI=1S/C8H13N5O5S/c1-19(17,18)10-3-2-9-7(14)5-13-4-6(8(15)16)11-12-13/h4,10H,2-3,5H2,1H3,(H,9,14)(H,15,16). The molecule has 106 valence electrons. The molecule has 0 aliphatic heterocycles. The smallest absolute Gasteiger partial charge is 0.358 e. The molecule has 0 aliphatic carbocycles. The lowest BCUT2D eigenvalue weighted by Gasteiger charge is -2.05. The van der Waals surface area contributed by atoms with Crippen LogP contribution >= 0.6 is 0 Å². The van der Waals surface area contributed by atoms with Crippen LogP contribution in [0.4, 0.5) is 0 Å². The van der Waals surface area contributed by atoms with Crippen LogP contribution < -0.4 is 10.0 Å². The highest BCUT2D eigenvalue weighted by atomic mass is 32.2. The van der Waals surface area contributed by atoms with Gasteiger partial charge in [0.15, 0.2) is 5.69 Å². The second-order valence-corrected chi connectivity index (χ2v) is 5.46. The van der Waals surface area contributed by atoms with Gasteiger partial charge in [0, 0.05) is 13.1 Å².